The number of ketones is 1. The standard InChI is InChI=1S/C23H42O5/c24-21(17-13-9-5-1-3-7-11-15-19-22(25)26)18-14-10-6-2-4-8-12-16-20-23(27)28/h1-20H2,(H,25,26)(H,27,28). The van der Waals surface area contributed by atoms with Crippen molar-refractivity contribution < 1.29 is 24.6 Å². The molecule has 0 atom stereocenters. The predicted octanol–water partition coefficient (Wildman–Crippen LogP) is 6.53. The fourth-order valence-corrected chi connectivity index (χ4v) is 3.44. The summed E-state index contributed by atoms with van der Waals surface area (Å²) in [7, 11) is 0. The number of hydrogen-bond donors (Lipinski definition) is 2. The van der Waals surface area contributed by atoms with Crippen molar-refractivity contribution in [2.45, 2.75) is 128 Å². The van der Waals surface area contributed by atoms with Crippen molar-refractivity contribution in [2.75, 3.05) is 0 Å². The van der Waals surface area contributed by atoms with Crippen molar-refractivity contribution in [1.29, 1.82) is 0 Å². The monoisotopic (exact) mass is 398 g/mol. The van der Waals surface area contributed by atoms with Crippen LogP contribution in [0.15, 0.2) is 0 Å². The summed E-state index contributed by atoms with van der Waals surface area (Å²) in [5.41, 5.74) is 0. The lowest BCUT2D eigenvalue weighted by molar-refractivity contribution is -0.138. The number of carboxylic acid groups (broad SMARTS) is 2. The summed E-state index contributed by atoms with van der Waals surface area (Å²) in [6, 6.07) is 0. The lowest BCUT2D eigenvalue weighted by Gasteiger charge is -2.03. The molecule has 0 aliphatic rings. The van der Waals surface area contributed by atoms with Gasteiger partial charge in [0.05, 0.1) is 0 Å². The number of unbranched alkanes of at least 4 members (excludes halogenated alkanes) is 14. The van der Waals surface area contributed by atoms with Gasteiger partial charge in [0.25, 0.3) is 0 Å². The molecule has 5 heteroatoms. The summed E-state index contributed by atoms with van der Waals surface area (Å²) in [4.78, 5) is 32.7. The fraction of sp³-hybridized carbons (Fsp3) is 0.870. The Labute approximate surface area is 171 Å². The molecule has 2 N–H and O–H groups in total. The topological polar surface area (TPSA) is 91.7 Å². The molecular weight excluding hydrogens is 356 g/mol. The van der Waals surface area contributed by atoms with E-state index in [-0.39, 0.29) is 12.8 Å². The van der Waals surface area contributed by atoms with E-state index in [9.17, 15) is 14.4 Å². The molecule has 0 saturated carbocycles. The molecule has 0 aliphatic heterocycles. The summed E-state index contributed by atoms with van der Waals surface area (Å²) >= 11 is 0. The summed E-state index contributed by atoms with van der Waals surface area (Å²) < 4.78 is 0. The highest BCUT2D eigenvalue weighted by molar-refractivity contribution is 5.78. The molecule has 0 aromatic carbocycles. The summed E-state index contributed by atoms with van der Waals surface area (Å²) in [6.45, 7) is 0. The number of rotatable bonds is 22. The number of carbonyl (C=O) groups excluding carboxylic acids is 1. The Morgan fingerprint density at radius 1 is 0.357 bits per heavy atom. The van der Waals surface area contributed by atoms with Crippen LogP contribution < -0.4 is 0 Å². The van der Waals surface area contributed by atoms with Crippen molar-refractivity contribution >= 4 is 17.7 Å². The Morgan fingerprint density at radius 3 is 0.821 bits per heavy atom. The SMILES string of the molecule is O=C(O)CCCCCCCCCCC(=O)CCCCCCCCCCC(=O)O. The Bertz CT molecular complexity index is 370. The van der Waals surface area contributed by atoms with Crippen LogP contribution in [0.2, 0.25) is 0 Å². The summed E-state index contributed by atoms with van der Waals surface area (Å²) in [6.07, 6.45) is 19.2. The van der Waals surface area contributed by atoms with Gasteiger partial charge in [0.2, 0.25) is 0 Å². The third-order valence-electron chi connectivity index (χ3n) is 5.19. The second-order valence-electron chi connectivity index (χ2n) is 7.98. The first kappa shape index (κ1) is 26.6. The van der Waals surface area contributed by atoms with E-state index in [4.69, 9.17) is 10.2 Å². The van der Waals surface area contributed by atoms with Crippen LogP contribution in [-0.2, 0) is 14.4 Å². The van der Waals surface area contributed by atoms with Crippen LogP contribution in [0.3, 0.4) is 0 Å². The van der Waals surface area contributed by atoms with Crippen LogP contribution in [0.25, 0.3) is 0 Å². The van der Waals surface area contributed by atoms with Crippen molar-refractivity contribution in [2.24, 2.45) is 0 Å². The Balaban J connectivity index is 3.19. The van der Waals surface area contributed by atoms with Crippen molar-refractivity contribution in [3.05, 3.63) is 0 Å². The molecule has 0 aliphatic carbocycles. The van der Waals surface area contributed by atoms with Gasteiger partial charge in [-0.1, -0.05) is 77.0 Å². The van der Waals surface area contributed by atoms with Gasteiger partial charge in [0.1, 0.15) is 5.78 Å². The first-order valence-corrected chi connectivity index (χ1v) is 11.5. The maximum Gasteiger partial charge on any atom is 0.303 e. The molecule has 0 unspecified atom stereocenters. The molecule has 0 aromatic rings. The normalized spacial score (nSPS) is 10.9. The molecule has 0 saturated heterocycles. The van der Waals surface area contributed by atoms with E-state index < -0.39 is 11.9 Å². The van der Waals surface area contributed by atoms with Gasteiger partial charge < -0.3 is 10.2 Å². The van der Waals surface area contributed by atoms with Crippen LogP contribution in [-0.4, -0.2) is 27.9 Å². The second-order valence-corrected chi connectivity index (χ2v) is 7.98. The first-order chi connectivity index (χ1) is 13.5. The third kappa shape index (κ3) is 22.7. The molecule has 0 heterocycles. The quantitative estimate of drug-likeness (QED) is 0.202. The van der Waals surface area contributed by atoms with Gasteiger partial charge in [-0.2, -0.15) is 0 Å². The number of hydrogen-bond acceptors (Lipinski definition) is 3. The zero-order valence-electron chi connectivity index (χ0n) is 17.8. The zero-order chi connectivity index (χ0) is 20.9. The molecule has 0 amide bonds. The molecule has 0 rings (SSSR count). The zero-order valence-corrected chi connectivity index (χ0v) is 17.8. The molecule has 0 aromatic heterocycles. The van der Waals surface area contributed by atoms with E-state index in [2.05, 4.69) is 0 Å². The van der Waals surface area contributed by atoms with Crippen molar-refractivity contribution in [1.82, 2.24) is 0 Å². The van der Waals surface area contributed by atoms with Crippen LogP contribution in [0, 0.1) is 0 Å². The number of carboxylic acids is 2. The predicted molar refractivity (Wildman–Crippen MR) is 113 cm³/mol. The number of carbonyl (C=O) groups is 3. The van der Waals surface area contributed by atoms with E-state index in [1.807, 2.05) is 0 Å². The minimum absolute atomic E-state index is 0.288. The highest BCUT2D eigenvalue weighted by Crippen LogP contribution is 2.13. The van der Waals surface area contributed by atoms with Gasteiger partial charge >= 0.3 is 11.9 Å². The molecule has 5 nitrogen and oxygen atoms in total. The Kier molecular flexibility index (Phi) is 19.3. The lowest BCUT2D eigenvalue weighted by atomic mass is 10.0. The molecule has 0 spiro atoms. The molecule has 28 heavy (non-hydrogen) atoms. The van der Waals surface area contributed by atoms with E-state index in [0.717, 1.165) is 77.0 Å². The minimum Gasteiger partial charge on any atom is -0.481 e. The van der Waals surface area contributed by atoms with E-state index in [1.165, 1.54) is 38.5 Å². The molecule has 0 fully saturated rings. The van der Waals surface area contributed by atoms with Crippen LogP contribution >= 0.6 is 0 Å². The Morgan fingerprint density at radius 2 is 0.571 bits per heavy atom. The second kappa shape index (κ2) is 20.3. The van der Waals surface area contributed by atoms with E-state index in [1.54, 1.807) is 0 Å². The summed E-state index contributed by atoms with van der Waals surface area (Å²) in [5, 5.41) is 17.1. The van der Waals surface area contributed by atoms with Gasteiger partial charge in [0.15, 0.2) is 0 Å². The average molecular weight is 399 g/mol. The molecular formula is C23H42O5. The van der Waals surface area contributed by atoms with Crippen LogP contribution in [0.1, 0.15) is 128 Å². The highest BCUT2D eigenvalue weighted by atomic mass is 16.4. The van der Waals surface area contributed by atoms with Crippen LogP contribution in [0.4, 0.5) is 0 Å². The molecule has 164 valence electrons. The third-order valence-corrected chi connectivity index (χ3v) is 5.19. The van der Waals surface area contributed by atoms with E-state index in [0.29, 0.717) is 5.78 Å². The van der Waals surface area contributed by atoms with Crippen molar-refractivity contribution in [3.63, 3.8) is 0 Å². The summed E-state index contributed by atoms with van der Waals surface area (Å²) in [5.74, 6) is -0.994. The number of Topliss-reactive ketones (excluding diaryl/α,β-unsaturated/α-hetero) is 1. The molecule has 0 radical (unpaired) electrons. The van der Waals surface area contributed by atoms with E-state index >= 15 is 0 Å². The highest BCUT2D eigenvalue weighted by Gasteiger charge is 2.02. The van der Waals surface area contributed by atoms with Gasteiger partial charge in [-0.15, -0.1) is 0 Å². The van der Waals surface area contributed by atoms with Crippen molar-refractivity contribution in [3.8, 4) is 0 Å². The van der Waals surface area contributed by atoms with Gasteiger partial charge in [-0.25, -0.2) is 0 Å². The first-order valence-electron chi connectivity index (χ1n) is 11.5. The smallest absolute Gasteiger partial charge is 0.303 e. The number of aliphatic carboxylic acids is 2. The van der Waals surface area contributed by atoms with Gasteiger partial charge in [-0.05, 0) is 25.7 Å². The van der Waals surface area contributed by atoms with Gasteiger partial charge in [0, 0.05) is 25.7 Å². The van der Waals surface area contributed by atoms with Gasteiger partial charge in [-0.3, -0.25) is 14.4 Å². The largest absolute Gasteiger partial charge is 0.481 e. The van der Waals surface area contributed by atoms with Crippen LogP contribution in [0.5, 0.6) is 0 Å². The average Bonchev–Trinajstić information content (AvgIpc) is 2.64. The fourth-order valence-electron chi connectivity index (χ4n) is 3.44. The lowest BCUT2D eigenvalue weighted by Crippen LogP contribution is -1.97. The molecule has 0 bridgehead atoms. The minimum atomic E-state index is -0.699. The maximum atomic E-state index is 11.9. The maximum absolute atomic E-state index is 11.9. The Hall–Kier alpha value is -1.39.